The zero-order valence-corrected chi connectivity index (χ0v) is 24.1. The summed E-state index contributed by atoms with van der Waals surface area (Å²) in [5.74, 6) is 0.930. The molecule has 7 nitrogen and oxygen atoms in total. The number of carbonyl (C=O) groups excluding carboxylic acids is 3. The minimum atomic E-state index is -0.222. The summed E-state index contributed by atoms with van der Waals surface area (Å²) in [6.45, 7) is 5.35. The van der Waals surface area contributed by atoms with Crippen LogP contribution in [0.15, 0.2) is 66.9 Å². The van der Waals surface area contributed by atoms with E-state index < -0.39 is 0 Å². The highest BCUT2D eigenvalue weighted by Crippen LogP contribution is 2.24. The molecule has 1 aromatic heterocycles. The lowest BCUT2D eigenvalue weighted by Crippen LogP contribution is -2.42. The Morgan fingerprint density at radius 2 is 1.52 bits per heavy atom. The summed E-state index contributed by atoms with van der Waals surface area (Å²) in [5.41, 5.74) is 2.96. The number of nitrogens with zero attached hydrogens (tertiary/aromatic N) is 3. The van der Waals surface area contributed by atoms with E-state index >= 15 is 0 Å². The van der Waals surface area contributed by atoms with E-state index in [1.807, 2.05) is 36.4 Å². The van der Waals surface area contributed by atoms with Gasteiger partial charge in [0.15, 0.2) is 5.78 Å². The molecule has 0 radical (unpaired) electrons. The summed E-state index contributed by atoms with van der Waals surface area (Å²) in [5, 5.41) is 0. The average Bonchev–Trinajstić information content (AvgIpc) is 3.00. The average molecular weight is 572 g/mol. The van der Waals surface area contributed by atoms with Crippen molar-refractivity contribution in [1.82, 2.24) is 14.8 Å². The molecule has 0 saturated carbocycles. The monoisotopic (exact) mass is 571 g/mol. The van der Waals surface area contributed by atoms with Crippen molar-refractivity contribution in [1.29, 1.82) is 0 Å². The maximum atomic E-state index is 13.2. The smallest absolute Gasteiger partial charge is 0.272 e. The van der Waals surface area contributed by atoms with Gasteiger partial charge in [-0.15, -0.1) is 0 Å². The first-order chi connectivity index (χ1) is 20.3. The van der Waals surface area contributed by atoms with Gasteiger partial charge in [-0.25, -0.2) is 4.39 Å². The Hall–Kier alpha value is -3.91. The SMILES string of the molecule is CC(=O)Cc1ccc(OC2CCN(C(=O)c3ccc(C(=O)CC4CCN(Cc5ccc(F)cc5)CC4)cn3)CC2)cc1. The van der Waals surface area contributed by atoms with Crippen LogP contribution >= 0.6 is 0 Å². The van der Waals surface area contributed by atoms with Gasteiger partial charge in [-0.3, -0.25) is 24.3 Å². The van der Waals surface area contributed by atoms with Crippen LogP contribution in [0.5, 0.6) is 5.75 Å². The van der Waals surface area contributed by atoms with Gasteiger partial charge < -0.3 is 9.64 Å². The van der Waals surface area contributed by atoms with Gasteiger partial charge in [0.1, 0.15) is 29.1 Å². The molecule has 0 aliphatic carbocycles. The third-order valence-electron chi connectivity index (χ3n) is 8.21. The van der Waals surface area contributed by atoms with Crippen LogP contribution in [0.2, 0.25) is 0 Å². The van der Waals surface area contributed by atoms with Crippen LogP contribution in [-0.4, -0.2) is 64.5 Å². The van der Waals surface area contributed by atoms with Gasteiger partial charge in [0.05, 0.1) is 0 Å². The number of carbonyl (C=O) groups is 3. The number of hydrogen-bond donors (Lipinski definition) is 0. The molecule has 3 heterocycles. The van der Waals surface area contributed by atoms with Gasteiger partial charge in [0.2, 0.25) is 0 Å². The summed E-state index contributed by atoms with van der Waals surface area (Å²) >= 11 is 0. The molecular formula is C34H38FN3O4. The Labute approximate surface area is 246 Å². The van der Waals surface area contributed by atoms with Crippen LogP contribution in [0.25, 0.3) is 0 Å². The highest BCUT2D eigenvalue weighted by Gasteiger charge is 2.26. The number of aromatic nitrogens is 1. The first-order valence-electron chi connectivity index (χ1n) is 14.8. The van der Waals surface area contributed by atoms with Crippen molar-refractivity contribution < 1.29 is 23.5 Å². The quantitative estimate of drug-likeness (QED) is 0.298. The number of ether oxygens (including phenoxy) is 1. The topological polar surface area (TPSA) is 79.8 Å². The summed E-state index contributed by atoms with van der Waals surface area (Å²) in [6.07, 6.45) is 5.79. The molecule has 2 fully saturated rings. The maximum Gasteiger partial charge on any atom is 0.272 e. The van der Waals surface area contributed by atoms with E-state index in [2.05, 4.69) is 9.88 Å². The molecule has 220 valence electrons. The minimum Gasteiger partial charge on any atom is -0.490 e. The van der Waals surface area contributed by atoms with Gasteiger partial charge in [0, 0.05) is 57.1 Å². The van der Waals surface area contributed by atoms with Crippen LogP contribution in [0, 0.1) is 11.7 Å². The molecule has 2 aliphatic rings. The van der Waals surface area contributed by atoms with Gasteiger partial charge in [0.25, 0.3) is 5.91 Å². The fourth-order valence-electron chi connectivity index (χ4n) is 5.77. The van der Waals surface area contributed by atoms with Crippen molar-refractivity contribution in [2.24, 2.45) is 5.92 Å². The third kappa shape index (κ3) is 8.10. The lowest BCUT2D eigenvalue weighted by atomic mass is 9.90. The number of hydrogen-bond acceptors (Lipinski definition) is 6. The highest BCUT2D eigenvalue weighted by atomic mass is 19.1. The Kier molecular flexibility index (Phi) is 9.74. The van der Waals surface area contributed by atoms with Crippen molar-refractivity contribution in [3.05, 3.63) is 95.1 Å². The standard InChI is InChI=1S/C34H38FN3O4/c1-24(39)20-25-4-9-30(10-5-25)42-31-14-18-38(19-15-31)34(41)32-11-6-28(22-36-32)33(40)21-26-12-16-37(17-13-26)23-27-2-7-29(35)8-3-27/h2-11,22,26,31H,12-21,23H2,1H3. The number of Topliss-reactive ketones (excluding diaryl/α,β-unsaturated/α-hetero) is 2. The maximum absolute atomic E-state index is 13.2. The first-order valence-corrected chi connectivity index (χ1v) is 14.8. The highest BCUT2D eigenvalue weighted by molar-refractivity contribution is 5.97. The normalized spacial score (nSPS) is 16.8. The molecule has 42 heavy (non-hydrogen) atoms. The van der Waals surface area contributed by atoms with Crippen molar-refractivity contribution >= 4 is 17.5 Å². The molecule has 0 N–H and O–H groups in total. The number of likely N-dealkylation sites (tertiary alicyclic amines) is 2. The van der Waals surface area contributed by atoms with Gasteiger partial charge in [-0.2, -0.15) is 0 Å². The molecule has 8 heteroatoms. The van der Waals surface area contributed by atoms with Crippen molar-refractivity contribution in [3.8, 4) is 5.75 Å². The second-order valence-electron chi connectivity index (χ2n) is 11.5. The van der Waals surface area contributed by atoms with E-state index in [9.17, 15) is 18.8 Å². The summed E-state index contributed by atoms with van der Waals surface area (Å²) in [7, 11) is 0. The number of benzene rings is 2. The Morgan fingerprint density at radius 3 is 2.14 bits per heavy atom. The molecule has 0 spiro atoms. The van der Waals surface area contributed by atoms with E-state index in [0.717, 1.165) is 62.2 Å². The molecule has 2 aromatic carbocycles. The Bertz CT molecular complexity index is 1360. The first kappa shape index (κ1) is 29.6. The number of halogens is 1. The van der Waals surface area contributed by atoms with Crippen LogP contribution in [-0.2, 0) is 17.8 Å². The molecule has 0 bridgehead atoms. The molecule has 3 aromatic rings. The van der Waals surface area contributed by atoms with E-state index in [1.54, 1.807) is 24.0 Å². The Balaban J connectivity index is 1.04. The largest absolute Gasteiger partial charge is 0.490 e. The van der Waals surface area contributed by atoms with Crippen LogP contribution in [0.3, 0.4) is 0 Å². The van der Waals surface area contributed by atoms with E-state index in [0.29, 0.717) is 43.1 Å². The second-order valence-corrected chi connectivity index (χ2v) is 11.5. The number of piperidine rings is 2. The summed E-state index contributed by atoms with van der Waals surface area (Å²) < 4.78 is 19.3. The van der Waals surface area contributed by atoms with Crippen LogP contribution in [0.1, 0.15) is 71.0 Å². The predicted molar refractivity (Wildman–Crippen MR) is 158 cm³/mol. The molecular weight excluding hydrogens is 533 g/mol. The van der Waals surface area contributed by atoms with Gasteiger partial charge >= 0.3 is 0 Å². The molecule has 1 amide bonds. The van der Waals surface area contributed by atoms with Crippen molar-refractivity contribution in [2.45, 2.75) is 58.1 Å². The number of rotatable bonds is 10. The van der Waals surface area contributed by atoms with Gasteiger partial charge in [-0.05, 0) is 86.3 Å². The summed E-state index contributed by atoms with van der Waals surface area (Å²) in [6, 6.07) is 17.6. The van der Waals surface area contributed by atoms with Gasteiger partial charge in [-0.1, -0.05) is 24.3 Å². The van der Waals surface area contributed by atoms with Crippen LogP contribution < -0.4 is 4.74 Å². The zero-order chi connectivity index (χ0) is 29.5. The molecule has 0 atom stereocenters. The lowest BCUT2D eigenvalue weighted by Gasteiger charge is -2.32. The zero-order valence-electron chi connectivity index (χ0n) is 24.1. The molecule has 0 unspecified atom stereocenters. The third-order valence-corrected chi connectivity index (χ3v) is 8.21. The van der Waals surface area contributed by atoms with E-state index in [1.165, 1.54) is 18.3 Å². The second kappa shape index (κ2) is 13.8. The van der Waals surface area contributed by atoms with Crippen molar-refractivity contribution in [3.63, 3.8) is 0 Å². The number of ketones is 2. The van der Waals surface area contributed by atoms with E-state index in [4.69, 9.17) is 4.74 Å². The molecule has 2 aliphatic heterocycles. The lowest BCUT2D eigenvalue weighted by molar-refractivity contribution is -0.116. The number of amides is 1. The number of pyridine rings is 1. The van der Waals surface area contributed by atoms with E-state index in [-0.39, 0.29) is 29.4 Å². The molecule has 5 rings (SSSR count). The fourth-order valence-corrected chi connectivity index (χ4v) is 5.77. The predicted octanol–water partition coefficient (Wildman–Crippen LogP) is 5.52. The molecule has 2 saturated heterocycles. The Morgan fingerprint density at radius 1 is 0.857 bits per heavy atom. The summed E-state index contributed by atoms with van der Waals surface area (Å²) in [4.78, 5) is 45.8. The fraction of sp³-hybridized carbons (Fsp3) is 0.412. The minimum absolute atomic E-state index is 0.0236. The van der Waals surface area contributed by atoms with Crippen molar-refractivity contribution in [2.75, 3.05) is 26.2 Å². The van der Waals surface area contributed by atoms with Crippen LogP contribution in [0.4, 0.5) is 4.39 Å².